The van der Waals surface area contributed by atoms with Gasteiger partial charge in [0.2, 0.25) is 0 Å². The third kappa shape index (κ3) is 4.37. The average Bonchev–Trinajstić information content (AvgIpc) is 2.67. The van der Waals surface area contributed by atoms with Gasteiger partial charge in [0.25, 0.3) is 5.91 Å². The van der Waals surface area contributed by atoms with Crippen molar-refractivity contribution in [2.24, 2.45) is 0 Å². The number of anilines is 1. The van der Waals surface area contributed by atoms with Crippen LogP contribution in [0.15, 0.2) is 42.5 Å². The zero-order chi connectivity index (χ0) is 20.3. The third-order valence-electron chi connectivity index (χ3n) is 4.20. The molecule has 0 radical (unpaired) electrons. The first-order valence-corrected chi connectivity index (χ1v) is 8.66. The van der Waals surface area contributed by atoms with E-state index in [0.29, 0.717) is 22.3 Å². The minimum Gasteiger partial charge on any atom is -0.452 e. The fraction of sp³-hybridized carbons (Fsp3) is 0.190. The molecule has 142 valence electrons. The second-order valence-corrected chi connectivity index (χ2v) is 6.36. The number of benzene rings is 2. The van der Waals surface area contributed by atoms with Crippen LogP contribution in [0.2, 0.25) is 0 Å². The molecule has 3 aromatic rings. The number of carbonyl (C=O) groups is 3. The predicted octanol–water partition coefficient (Wildman–Crippen LogP) is 3.24. The summed E-state index contributed by atoms with van der Waals surface area (Å²) in [5.41, 5.74) is 4.11. The molecule has 0 saturated carbocycles. The zero-order valence-corrected chi connectivity index (χ0v) is 15.8. The number of aryl methyl sites for hydroxylation is 2. The topological polar surface area (TPSA) is 98.2 Å². The molecule has 7 nitrogen and oxygen atoms in total. The van der Waals surface area contributed by atoms with Gasteiger partial charge >= 0.3 is 5.97 Å². The van der Waals surface area contributed by atoms with Gasteiger partial charge in [-0.3, -0.25) is 9.59 Å². The van der Waals surface area contributed by atoms with Crippen LogP contribution >= 0.6 is 0 Å². The molecule has 0 spiro atoms. The number of amides is 1. The lowest BCUT2D eigenvalue weighted by atomic mass is 10.1. The van der Waals surface area contributed by atoms with Crippen LogP contribution in [0.1, 0.15) is 39.0 Å². The Labute approximate surface area is 161 Å². The molecule has 2 aromatic carbocycles. The van der Waals surface area contributed by atoms with Crippen LogP contribution < -0.4 is 5.32 Å². The predicted molar refractivity (Wildman–Crippen MR) is 104 cm³/mol. The lowest BCUT2D eigenvalue weighted by Crippen LogP contribution is -2.21. The van der Waals surface area contributed by atoms with Gasteiger partial charge in [0, 0.05) is 11.3 Å². The molecule has 0 bridgehead atoms. The molecule has 1 heterocycles. The highest BCUT2D eigenvalue weighted by molar-refractivity contribution is 5.99. The van der Waals surface area contributed by atoms with Crippen LogP contribution in [0.5, 0.6) is 0 Å². The Kier molecular flexibility index (Phi) is 5.44. The number of hydrogen-bond acceptors (Lipinski definition) is 6. The molecule has 1 amide bonds. The third-order valence-corrected chi connectivity index (χ3v) is 4.20. The fourth-order valence-corrected chi connectivity index (χ4v) is 2.59. The van der Waals surface area contributed by atoms with Crippen molar-refractivity contribution < 1.29 is 19.1 Å². The molecule has 28 heavy (non-hydrogen) atoms. The first-order chi connectivity index (χ1) is 13.3. The molecule has 1 N–H and O–H groups in total. The standard InChI is InChI=1S/C21H19N3O4/c1-12-13(2)23-19-10-16(7-8-18(19)22-12)21(27)28-11-20(26)24-17-6-4-5-15(9-17)14(3)25/h4-10H,11H2,1-3H3,(H,24,26). The largest absolute Gasteiger partial charge is 0.452 e. The van der Waals surface area contributed by atoms with E-state index in [1.54, 1.807) is 42.5 Å². The summed E-state index contributed by atoms with van der Waals surface area (Å²) in [4.78, 5) is 44.5. The Balaban J connectivity index is 1.64. The molecule has 0 fully saturated rings. The van der Waals surface area contributed by atoms with Gasteiger partial charge in [-0.1, -0.05) is 12.1 Å². The lowest BCUT2D eigenvalue weighted by Gasteiger charge is -2.08. The van der Waals surface area contributed by atoms with Crippen LogP contribution in [0.4, 0.5) is 5.69 Å². The van der Waals surface area contributed by atoms with Crippen molar-refractivity contribution in [2.45, 2.75) is 20.8 Å². The summed E-state index contributed by atoms with van der Waals surface area (Å²) in [5, 5.41) is 2.60. The zero-order valence-electron chi connectivity index (χ0n) is 15.8. The number of fused-ring (bicyclic) bond motifs is 1. The smallest absolute Gasteiger partial charge is 0.338 e. The fourth-order valence-electron chi connectivity index (χ4n) is 2.59. The maximum absolute atomic E-state index is 12.2. The summed E-state index contributed by atoms with van der Waals surface area (Å²) >= 11 is 0. The number of nitrogens with one attached hydrogen (secondary N) is 1. The van der Waals surface area contributed by atoms with Gasteiger partial charge in [0.1, 0.15) is 0 Å². The molecule has 0 unspecified atom stereocenters. The van der Waals surface area contributed by atoms with Gasteiger partial charge in [0.15, 0.2) is 12.4 Å². The number of rotatable bonds is 5. The number of carbonyl (C=O) groups excluding carboxylic acids is 3. The van der Waals surface area contributed by atoms with Crippen molar-refractivity contribution in [1.82, 2.24) is 9.97 Å². The summed E-state index contributed by atoms with van der Waals surface area (Å²) in [5.74, 6) is -1.23. The second kappa shape index (κ2) is 7.96. The number of esters is 1. The molecule has 3 rings (SSSR count). The van der Waals surface area contributed by atoms with E-state index in [9.17, 15) is 14.4 Å². The van der Waals surface area contributed by atoms with E-state index in [4.69, 9.17) is 4.74 Å². The molecule has 0 atom stereocenters. The number of Topliss-reactive ketones (excluding diaryl/α,β-unsaturated/α-hetero) is 1. The molecule has 1 aromatic heterocycles. The highest BCUT2D eigenvalue weighted by Crippen LogP contribution is 2.15. The van der Waals surface area contributed by atoms with E-state index in [-0.39, 0.29) is 11.3 Å². The minimum atomic E-state index is -0.630. The highest BCUT2D eigenvalue weighted by Gasteiger charge is 2.13. The number of nitrogens with zero attached hydrogens (tertiary/aromatic N) is 2. The highest BCUT2D eigenvalue weighted by atomic mass is 16.5. The molecule has 0 aliphatic rings. The van der Waals surface area contributed by atoms with Crippen molar-refractivity contribution in [2.75, 3.05) is 11.9 Å². The maximum atomic E-state index is 12.2. The number of ketones is 1. The second-order valence-electron chi connectivity index (χ2n) is 6.36. The van der Waals surface area contributed by atoms with Crippen molar-refractivity contribution in [3.05, 3.63) is 65.0 Å². The van der Waals surface area contributed by atoms with Crippen molar-refractivity contribution in [1.29, 1.82) is 0 Å². The summed E-state index contributed by atoms with van der Waals surface area (Å²) in [7, 11) is 0. The summed E-state index contributed by atoms with van der Waals surface area (Å²) in [6, 6.07) is 11.4. The number of aromatic nitrogens is 2. The van der Waals surface area contributed by atoms with Gasteiger partial charge in [-0.2, -0.15) is 0 Å². The molecular formula is C21H19N3O4. The minimum absolute atomic E-state index is 0.104. The quantitative estimate of drug-likeness (QED) is 0.541. The van der Waals surface area contributed by atoms with E-state index in [2.05, 4.69) is 15.3 Å². The molecule has 0 aliphatic heterocycles. The molecule has 0 saturated heterocycles. The number of ether oxygens (including phenoxy) is 1. The van der Waals surface area contributed by atoms with Gasteiger partial charge in [-0.15, -0.1) is 0 Å². The summed E-state index contributed by atoms with van der Waals surface area (Å²) in [6.45, 7) is 4.71. The van der Waals surface area contributed by atoms with E-state index in [0.717, 1.165) is 11.4 Å². The van der Waals surface area contributed by atoms with Gasteiger partial charge in [0.05, 0.1) is 28.0 Å². The monoisotopic (exact) mass is 377 g/mol. The van der Waals surface area contributed by atoms with Crippen LogP contribution in [0.3, 0.4) is 0 Å². The van der Waals surface area contributed by atoms with Gasteiger partial charge in [-0.25, -0.2) is 14.8 Å². The van der Waals surface area contributed by atoms with Gasteiger partial charge < -0.3 is 10.1 Å². The van der Waals surface area contributed by atoms with Crippen molar-refractivity contribution in [3.63, 3.8) is 0 Å². The van der Waals surface area contributed by atoms with Crippen LogP contribution in [-0.4, -0.2) is 34.2 Å². The van der Waals surface area contributed by atoms with E-state index in [1.807, 2.05) is 13.8 Å². The SMILES string of the molecule is CC(=O)c1cccc(NC(=O)COC(=O)c2ccc3nc(C)c(C)nc3c2)c1. The Bertz CT molecular complexity index is 1090. The van der Waals surface area contributed by atoms with Crippen LogP contribution in [0.25, 0.3) is 11.0 Å². The van der Waals surface area contributed by atoms with Crippen molar-refractivity contribution in [3.8, 4) is 0 Å². The van der Waals surface area contributed by atoms with Gasteiger partial charge in [-0.05, 0) is 51.1 Å². The van der Waals surface area contributed by atoms with E-state index < -0.39 is 18.5 Å². The average molecular weight is 377 g/mol. The Morgan fingerprint density at radius 1 is 0.929 bits per heavy atom. The van der Waals surface area contributed by atoms with E-state index in [1.165, 1.54) is 6.92 Å². The van der Waals surface area contributed by atoms with Crippen LogP contribution in [-0.2, 0) is 9.53 Å². The molecular weight excluding hydrogens is 358 g/mol. The molecule has 7 heteroatoms. The lowest BCUT2D eigenvalue weighted by molar-refractivity contribution is -0.119. The maximum Gasteiger partial charge on any atom is 0.338 e. The van der Waals surface area contributed by atoms with Crippen molar-refractivity contribution >= 4 is 34.4 Å². The number of hydrogen-bond donors (Lipinski definition) is 1. The first kappa shape index (κ1) is 19.2. The molecule has 0 aliphatic carbocycles. The first-order valence-electron chi connectivity index (χ1n) is 8.66. The normalized spacial score (nSPS) is 10.5. The summed E-state index contributed by atoms with van der Waals surface area (Å²) in [6.07, 6.45) is 0. The Hall–Kier alpha value is -3.61. The Morgan fingerprint density at radius 3 is 2.36 bits per heavy atom. The van der Waals surface area contributed by atoms with Crippen LogP contribution in [0, 0.1) is 13.8 Å². The summed E-state index contributed by atoms with van der Waals surface area (Å²) < 4.78 is 5.08. The van der Waals surface area contributed by atoms with E-state index >= 15 is 0 Å². The Morgan fingerprint density at radius 2 is 1.64 bits per heavy atom.